The highest BCUT2D eigenvalue weighted by Gasteiger charge is 2.26. The van der Waals surface area contributed by atoms with Gasteiger partial charge in [-0.1, -0.05) is 42.5 Å². The van der Waals surface area contributed by atoms with Crippen molar-refractivity contribution in [1.82, 2.24) is 9.88 Å². The number of halogens is 2. The van der Waals surface area contributed by atoms with Crippen LogP contribution >= 0.6 is 11.3 Å². The normalized spacial score (nSPS) is 10.9. The summed E-state index contributed by atoms with van der Waals surface area (Å²) in [5.41, 5.74) is 8.61. The molecule has 0 radical (unpaired) electrons. The van der Waals surface area contributed by atoms with Crippen LogP contribution < -0.4 is 21.7 Å². The number of nitrogens with zero attached hydrogens (tertiary/aromatic N) is 2. The lowest BCUT2D eigenvalue weighted by Crippen LogP contribution is -2.22. The van der Waals surface area contributed by atoms with Gasteiger partial charge in [-0.25, -0.2) is 23.4 Å². The average molecular weight is 685 g/mol. The van der Waals surface area contributed by atoms with Gasteiger partial charge in [0.1, 0.15) is 22.3 Å². The van der Waals surface area contributed by atoms with E-state index in [1.165, 1.54) is 29.5 Å². The molecule has 13 heteroatoms. The van der Waals surface area contributed by atoms with Crippen LogP contribution in [0.25, 0.3) is 10.4 Å². The fourth-order valence-corrected chi connectivity index (χ4v) is 6.34. The van der Waals surface area contributed by atoms with Gasteiger partial charge in [0.25, 0.3) is 5.91 Å². The second kappa shape index (κ2) is 16.0. The smallest absolute Gasteiger partial charge is 0.356 e. The zero-order chi connectivity index (χ0) is 34.9. The van der Waals surface area contributed by atoms with E-state index < -0.39 is 29.5 Å². The number of primary amides is 1. The second-order valence-electron chi connectivity index (χ2n) is 11.0. The molecule has 252 valence electrons. The summed E-state index contributed by atoms with van der Waals surface area (Å²) < 4.78 is 34.4. The van der Waals surface area contributed by atoms with Gasteiger partial charge in [0.15, 0.2) is 0 Å². The van der Waals surface area contributed by atoms with Gasteiger partial charge in [0.05, 0.1) is 17.9 Å². The molecular weight excluding hydrogens is 650 g/mol. The van der Waals surface area contributed by atoms with E-state index in [-0.39, 0.29) is 31.0 Å². The first-order chi connectivity index (χ1) is 23.6. The molecule has 0 bridgehead atoms. The summed E-state index contributed by atoms with van der Waals surface area (Å²) >= 11 is 1.26. The Labute approximate surface area is 285 Å². The van der Waals surface area contributed by atoms with Crippen LogP contribution in [0.4, 0.5) is 30.0 Å². The second-order valence-corrected chi connectivity index (χ2v) is 12.0. The van der Waals surface area contributed by atoms with Crippen LogP contribution in [0.3, 0.4) is 0 Å². The molecule has 0 atom stereocenters. The number of thiophene rings is 1. The lowest BCUT2D eigenvalue weighted by Gasteiger charge is -2.19. The van der Waals surface area contributed by atoms with Crippen LogP contribution in [-0.2, 0) is 24.4 Å². The topological polar surface area (TPSA) is 139 Å². The summed E-state index contributed by atoms with van der Waals surface area (Å²) in [4.78, 5) is 44.9. The molecule has 0 fully saturated rings. The first-order valence-electron chi connectivity index (χ1n) is 15.3. The molecule has 10 nitrogen and oxygen atoms in total. The maximum absolute atomic E-state index is 14.6. The van der Waals surface area contributed by atoms with Crippen molar-refractivity contribution in [2.45, 2.75) is 26.6 Å². The Kier molecular flexibility index (Phi) is 11.3. The molecule has 0 aliphatic carbocycles. The summed E-state index contributed by atoms with van der Waals surface area (Å²) in [6.07, 6.45) is 0. The van der Waals surface area contributed by atoms with Gasteiger partial charge in [0, 0.05) is 41.4 Å². The summed E-state index contributed by atoms with van der Waals surface area (Å²) in [5.74, 6) is -2.38. The lowest BCUT2D eigenvalue weighted by molar-refractivity contribution is 0.0518. The van der Waals surface area contributed by atoms with Crippen LogP contribution in [-0.4, -0.2) is 41.4 Å². The van der Waals surface area contributed by atoms with Gasteiger partial charge in [-0.2, -0.15) is 0 Å². The van der Waals surface area contributed by atoms with Crippen molar-refractivity contribution >= 4 is 45.6 Å². The molecule has 0 spiro atoms. The van der Waals surface area contributed by atoms with Gasteiger partial charge < -0.3 is 26.4 Å². The predicted molar refractivity (Wildman–Crippen MR) is 186 cm³/mol. The maximum Gasteiger partial charge on any atom is 0.356 e. The average Bonchev–Trinajstić information content (AvgIpc) is 3.43. The zero-order valence-corrected chi connectivity index (χ0v) is 27.6. The standard InChI is InChI=1S/C36H34F2N6O4S/c1-3-48-35(46)30-14-7-11-25(41-30)20-44(2)21-27-31(33(45)42-23-9-5-4-6-10-23)34(40-19-26-28(37)12-8-13-29(26)38)49-32(27)22-15-17-24(18-16-22)43-36(39)47/h4-18,40H,3,19-21H2,1-2H3,(H,42,45)(H3,39,43,47). The van der Waals surface area contributed by atoms with Crippen molar-refractivity contribution in [2.75, 3.05) is 29.6 Å². The van der Waals surface area contributed by atoms with Crippen molar-refractivity contribution in [3.05, 3.63) is 131 Å². The Morgan fingerprint density at radius 3 is 2.18 bits per heavy atom. The van der Waals surface area contributed by atoms with E-state index in [9.17, 15) is 23.2 Å². The maximum atomic E-state index is 14.6. The molecule has 0 saturated heterocycles. The number of carbonyl (C=O) groups is 3. The van der Waals surface area contributed by atoms with Crippen molar-refractivity contribution in [1.29, 1.82) is 0 Å². The Hall–Kier alpha value is -5.66. The third-order valence-corrected chi connectivity index (χ3v) is 8.56. The number of anilines is 3. The minimum Gasteiger partial charge on any atom is -0.461 e. The summed E-state index contributed by atoms with van der Waals surface area (Å²) in [5, 5.41) is 9.00. The minimum absolute atomic E-state index is 0.167. The number of urea groups is 1. The van der Waals surface area contributed by atoms with Crippen molar-refractivity contribution in [3.8, 4) is 10.4 Å². The van der Waals surface area contributed by atoms with Crippen LogP contribution in [0.2, 0.25) is 0 Å². The molecule has 5 N–H and O–H groups in total. The molecule has 2 aromatic heterocycles. The quantitative estimate of drug-likeness (QED) is 0.0959. The lowest BCUT2D eigenvalue weighted by atomic mass is 10.0. The molecule has 0 aliphatic heterocycles. The van der Waals surface area contributed by atoms with Gasteiger partial charge in [0.2, 0.25) is 0 Å². The number of aromatic nitrogens is 1. The number of rotatable bonds is 13. The molecule has 0 aliphatic rings. The number of nitrogens with one attached hydrogen (secondary N) is 3. The first-order valence-corrected chi connectivity index (χ1v) is 16.1. The molecule has 3 amide bonds. The number of hydrogen-bond acceptors (Lipinski definition) is 8. The number of amides is 3. The van der Waals surface area contributed by atoms with E-state index in [0.717, 1.165) is 5.56 Å². The van der Waals surface area contributed by atoms with Crippen LogP contribution in [0.1, 0.15) is 44.6 Å². The largest absolute Gasteiger partial charge is 0.461 e. The monoisotopic (exact) mass is 684 g/mol. The van der Waals surface area contributed by atoms with Gasteiger partial charge in [-0.15, -0.1) is 11.3 Å². The van der Waals surface area contributed by atoms with E-state index in [1.54, 1.807) is 73.7 Å². The van der Waals surface area contributed by atoms with E-state index in [2.05, 4.69) is 20.9 Å². The molecule has 5 aromatic rings. The van der Waals surface area contributed by atoms with E-state index >= 15 is 0 Å². The Balaban J connectivity index is 1.57. The van der Waals surface area contributed by atoms with Crippen molar-refractivity contribution in [3.63, 3.8) is 0 Å². The van der Waals surface area contributed by atoms with E-state index in [0.29, 0.717) is 44.6 Å². The minimum atomic E-state index is -0.713. The third kappa shape index (κ3) is 8.83. The highest BCUT2D eigenvalue weighted by atomic mass is 32.1. The molecule has 5 rings (SSSR count). The van der Waals surface area contributed by atoms with E-state index in [4.69, 9.17) is 10.5 Å². The Morgan fingerprint density at radius 2 is 1.51 bits per heavy atom. The number of nitrogens with two attached hydrogens (primary N) is 1. The molecule has 0 unspecified atom stereocenters. The summed E-state index contributed by atoms with van der Waals surface area (Å²) in [6, 6.07) is 23.9. The van der Waals surface area contributed by atoms with Gasteiger partial charge in [-0.3, -0.25) is 9.69 Å². The summed E-state index contributed by atoms with van der Waals surface area (Å²) in [6.45, 7) is 2.28. The molecule has 49 heavy (non-hydrogen) atoms. The van der Waals surface area contributed by atoms with Crippen LogP contribution in [0.5, 0.6) is 0 Å². The molecular formula is C36H34F2N6O4S. The molecule has 0 saturated carbocycles. The third-order valence-electron chi connectivity index (χ3n) is 7.32. The SMILES string of the molecule is CCOC(=O)c1cccc(CN(C)Cc2c(-c3ccc(NC(N)=O)cc3)sc(NCc3c(F)cccc3F)c2C(=O)Nc2ccccc2)n1. The van der Waals surface area contributed by atoms with Crippen molar-refractivity contribution < 1.29 is 27.9 Å². The number of carbonyl (C=O) groups excluding carboxylic acids is 3. The highest BCUT2D eigenvalue weighted by molar-refractivity contribution is 7.20. The molecule has 3 aromatic carbocycles. The van der Waals surface area contributed by atoms with Crippen molar-refractivity contribution in [2.24, 2.45) is 5.73 Å². The predicted octanol–water partition coefficient (Wildman–Crippen LogP) is 7.25. The van der Waals surface area contributed by atoms with Crippen LogP contribution in [0.15, 0.2) is 91.0 Å². The number of pyridine rings is 1. The number of ether oxygens (including phenoxy) is 1. The summed E-state index contributed by atoms with van der Waals surface area (Å²) in [7, 11) is 1.85. The Bertz CT molecular complexity index is 1930. The molecule has 2 heterocycles. The van der Waals surface area contributed by atoms with Gasteiger partial charge >= 0.3 is 12.0 Å². The zero-order valence-electron chi connectivity index (χ0n) is 26.8. The number of para-hydroxylation sites is 1. The fraction of sp³-hybridized carbons (Fsp3) is 0.167. The Morgan fingerprint density at radius 1 is 0.837 bits per heavy atom. The highest BCUT2D eigenvalue weighted by Crippen LogP contribution is 2.42. The first kappa shape index (κ1) is 34.7. The number of esters is 1. The number of hydrogen-bond donors (Lipinski definition) is 4. The fourth-order valence-electron chi connectivity index (χ4n) is 5.13. The van der Waals surface area contributed by atoms with E-state index in [1.807, 2.05) is 18.0 Å². The van der Waals surface area contributed by atoms with Gasteiger partial charge in [-0.05, 0) is 73.6 Å². The van der Waals surface area contributed by atoms with Crippen LogP contribution in [0, 0.1) is 11.6 Å². The number of benzene rings is 3.